The van der Waals surface area contributed by atoms with E-state index in [9.17, 15) is 4.79 Å². The molecule has 0 aliphatic rings. The monoisotopic (exact) mass is 316 g/mol. The molecule has 0 N–H and O–H groups in total. The zero-order valence-corrected chi connectivity index (χ0v) is 13.0. The number of hydrogen-bond acceptors (Lipinski definition) is 1. The molecule has 0 radical (unpaired) electrons. The molecule has 2 aromatic rings. The highest BCUT2D eigenvalue weighted by Crippen LogP contribution is 2.23. The summed E-state index contributed by atoms with van der Waals surface area (Å²) in [4.78, 5) is 12.5. The molecule has 0 saturated carbocycles. The third-order valence-electron chi connectivity index (χ3n) is 3.35. The van der Waals surface area contributed by atoms with E-state index in [0.717, 1.165) is 21.2 Å². The third kappa shape index (κ3) is 2.95. The minimum absolute atomic E-state index is 0.0779. The highest BCUT2D eigenvalue weighted by Gasteiger charge is 2.13. The number of halogens is 1. The van der Waals surface area contributed by atoms with E-state index in [-0.39, 0.29) is 5.78 Å². The molecule has 0 bridgehead atoms. The average molecular weight is 317 g/mol. The Morgan fingerprint density at radius 2 is 1.68 bits per heavy atom. The lowest BCUT2D eigenvalue weighted by Gasteiger charge is -2.09. The molecule has 1 nitrogen and oxygen atoms in total. The predicted octanol–water partition coefficient (Wildman–Crippen LogP) is 5.11. The smallest absolute Gasteiger partial charge is 0.193 e. The Balaban J connectivity index is 2.36. The van der Waals surface area contributed by atoms with Crippen LogP contribution in [0.25, 0.3) is 0 Å². The molecule has 0 spiro atoms. The minimum atomic E-state index is 0.0779. The van der Waals surface area contributed by atoms with Crippen molar-refractivity contribution in [1.29, 1.82) is 0 Å². The second-order valence-electron chi connectivity index (χ2n) is 5.02. The summed E-state index contributed by atoms with van der Waals surface area (Å²) in [5, 5.41) is 0. The Labute approximate surface area is 122 Å². The van der Waals surface area contributed by atoms with E-state index in [1.165, 1.54) is 5.56 Å². The maximum absolute atomic E-state index is 12.5. The van der Waals surface area contributed by atoms with Gasteiger partial charge in [0.1, 0.15) is 0 Å². The normalized spacial score (nSPS) is 10.8. The van der Waals surface area contributed by atoms with Gasteiger partial charge in [-0.1, -0.05) is 66.2 Å². The molecular formula is C17H17BrO. The standard InChI is InChI=1S/C17H17BrO/c1-11(2)13-7-9-14(10-8-13)17(19)15-5-4-6-16(18)12(15)3/h4-11H,1-3H3. The minimum Gasteiger partial charge on any atom is -0.289 e. The Kier molecular flexibility index (Phi) is 4.20. The molecule has 0 heterocycles. The zero-order chi connectivity index (χ0) is 14.0. The number of carbonyl (C=O) groups excluding carboxylic acids is 1. The molecule has 0 aliphatic carbocycles. The molecule has 0 atom stereocenters. The summed E-state index contributed by atoms with van der Waals surface area (Å²) in [6.07, 6.45) is 0. The van der Waals surface area contributed by atoms with Crippen molar-refractivity contribution in [2.24, 2.45) is 0 Å². The van der Waals surface area contributed by atoms with Crippen molar-refractivity contribution in [3.8, 4) is 0 Å². The van der Waals surface area contributed by atoms with Crippen molar-refractivity contribution in [1.82, 2.24) is 0 Å². The van der Waals surface area contributed by atoms with Crippen molar-refractivity contribution < 1.29 is 4.79 Å². The summed E-state index contributed by atoms with van der Waals surface area (Å²) in [6.45, 7) is 6.25. The first-order valence-electron chi connectivity index (χ1n) is 6.40. The molecule has 0 aromatic heterocycles. The van der Waals surface area contributed by atoms with Crippen molar-refractivity contribution in [2.75, 3.05) is 0 Å². The van der Waals surface area contributed by atoms with Crippen LogP contribution in [0.2, 0.25) is 0 Å². The lowest BCUT2D eigenvalue weighted by atomic mass is 9.96. The lowest BCUT2D eigenvalue weighted by Crippen LogP contribution is -2.04. The van der Waals surface area contributed by atoms with E-state index in [4.69, 9.17) is 0 Å². The fourth-order valence-electron chi connectivity index (χ4n) is 2.03. The van der Waals surface area contributed by atoms with Crippen molar-refractivity contribution >= 4 is 21.7 Å². The number of hydrogen-bond donors (Lipinski definition) is 0. The fourth-order valence-corrected chi connectivity index (χ4v) is 2.39. The fraction of sp³-hybridized carbons (Fsp3) is 0.235. The second-order valence-corrected chi connectivity index (χ2v) is 5.87. The first-order chi connectivity index (χ1) is 9.00. The van der Waals surface area contributed by atoms with E-state index in [0.29, 0.717) is 5.92 Å². The number of ketones is 1. The van der Waals surface area contributed by atoms with Crippen LogP contribution in [0.1, 0.15) is 46.8 Å². The topological polar surface area (TPSA) is 17.1 Å². The Bertz CT molecular complexity index is 597. The van der Waals surface area contributed by atoms with Crippen LogP contribution in [0.4, 0.5) is 0 Å². The molecule has 0 unspecified atom stereocenters. The highest BCUT2D eigenvalue weighted by molar-refractivity contribution is 9.10. The molecule has 0 aliphatic heterocycles. The van der Waals surface area contributed by atoms with Crippen LogP contribution in [0.5, 0.6) is 0 Å². The zero-order valence-electron chi connectivity index (χ0n) is 11.4. The highest BCUT2D eigenvalue weighted by atomic mass is 79.9. The van der Waals surface area contributed by atoms with E-state index in [1.54, 1.807) is 0 Å². The Morgan fingerprint density at radius 3 is 2.26 bits per heavy atom. The van der Waals surface area contributed by atoms with Crippen molar-refractivity contribution in [2.45, 2.75) is 26.7 Å². The van der Waals surface area contributed by atoms with Crippen LogP contribution >= 0.6 is 15.9 Å². The molecule has 0 amide bonds. The molecule has 2 heteroatoms. The van der Waals surface area contributed by atoms with Gasteiger partial charge in [-0.2, -0.15) is 0 Å². The van der Waals surface area contributed by atoms with Gasteiger partial charge >= 0.3 is 0 Å². The van der Waals surface area contributed by atoms with Gasteiger partial charge in [-0.05, 0) is 30.0 Å². The molecule has 98 valence electrons. The first kappa shape index (κ1) is 14.0. The van der Waals surface area contributed by atoms with Crippen molar-refractivity contribution in [3.05, 3.63) is 69.2 Å². The third-order valence-corrected chi connectivity index (χ3v) is 4.21. The van der Waals surface area contributed by atoms with E-state index >= 15 is 0 Å². The number of benzene rings is 2. The van der Waals surface area contributed by atoms with E-state index in [1.807, 2.05) is 49.4 Å². The van der Waals surface area contributed by atoms with Crippen LogP contribution in [0, 0.1) is 6.92 Å². The molecule has 0 saturated heterocycles. The van der Waals surface area contributed by atoms with Crippen LogP contribution < -0.4 is 0 Å². The first-order valence-corrected chi connectivity index (χ1v) is 7.19. The Hall–Kier alpha value is -1.41. The maximum atomic E-state index is 12.5. The van der Waals surface area contributed by atoms with Crippen molar-refractivity contribution in [3.63, 3.8) is 0 Å². The SMILES string of the molecule is Cc1c(Br)cccc1C(=O)c1ccc(C(C)C)cc1. The molecular weight excluding hydrogens is 300 g/mol. The van der Waals surface area contributed by atoms with Gasteiger partial charge in [0.25, 0.3) is 0 Å². The van der Waals surface area contributed by atoms with Gasteiger partial charge < -0.3 is 0 Å². The number of carbonyl (C=O) groups is 1. The number of rotatable bonds is 3. The molecule has 2 rings (SSSR count). The summed E-state index contributed by atoms with van der Waals surface area (Å²) in [6, 6.07) is 13.6. The lowest BCUT2D eigenvalue weighted by molar-refractivity contribution is 0.103. The van der Waals surface area contributed by atoms with Gasteiger partial charge in [-0.3, -0.25) is 4.79 Å². The van der Waals surface area contributed by atoms with Gasteiger partial charge in [-0.15, -0.1) is 0 Å². The quantitative estimate of drug-likeness (QED) is 0.719. The average Bonchev–Trinajstić information content (AvgIpc) is 2.41. The summed E-state index contributed by atoms with van der Waals surface area (Å²) < 4.78 is 0.970. The predicted molar refractivity (Wildman–Crippen MR) is 82.8 cm³/mol. The van der Waals surface area contributed by atoms with Gasteiger partial charge in [0.2, 0.25) is 0 Å². The van der Waals surface area contributed by atoms with Gasteiger partial charge in [0.05, 0.1) is 0 Å². The second kappa shape index (κ2) is 5.70. The molecule has 19 heavy (non-hydrogen) atoms. The van der Waals surface area contributed by atoms with Crippen LogP contribution in [0.3, 0.4) is 0 Å². The largest absolute Gasteiger partial charge is 0.289 e. The summed E-state index contributed by atoms with van der Waals surface area (Å²) >= 11 is 3.47. The molecule has 2 aromatic carbocycles. The Morgan fingerprint density at radius 1 is 1.05 bits per heavy atom. The maximum Gasteiger partial charge on any atom is 0.193 e. The van der Waals surface area contributed by atoms with Crippen LogP contribution in [-0.2, 0) is 0 Å². The van der Waals surface area contributed by atoms with Crippen LogP contribution in [0.15, 0.2) is 46.9 Å². The summed E-state index contributed by atoms with van der Waals surface area (Å²) in [7, 11) is 0. The summed E-state index contributed by atoms with van der Waals surface area (Å²) in [5.74, 6) is 0.561. The van der Waals surface area contributed by atoms with Gasteiger partial charge in [0.15, 0.2) is 5.78 Å². The van der Waals surface area contributed by atoms with Crippen LogP contribution in [-0.4, -0.2) is 5.78 Å². The molecule has 0 fully saturated rings. The van der Waals surface area contributed by atoms with E-state index < -0.39 is 0 Å². The van der Waals surface area contributed by atoms with Gasteiger partial charge in [0, 0.05) is 15.6 Å². The van der Waals surface area contributed by atoms with Gasteiger partial charge in [-0.25, -0.2) is 0 Å². The van der Waals surface area contributed by atoms with E-state index in [2.05, 4.69) is 29.8 Å². The summed E-state index contributed by atoms with van der Waals surface area (Å²) in [5.41, 5.74) is 3.74.